The van der Waals surface area contributed by atoms with Gasteiger partial charge in [0.15, 0.2) is 0 Å². The summed E-state index contributed by atoms with van der Waals surface area (Å²) >= 11 is 0. The molecule has 0 fully saturated rings. The minimum absolute atomic E-state index is 0.0628. The third-order valence-corrected chi connectivity index (χ3v) is 6.27. The highest BCUT2D eigenvalue weighted by Crippen LogP contribution is 2.32. The van der Waals surface area contributed by atoms with E-state index in [2.05, 4.69) is 0 Å². The van der Waals surface area contributed by atoms with E-state index in [-0.39, 0.29) is 11.7 Å². The van der Waals surface area contributed by atoms with Crippen LogP contribution in [0, 0.1) is 5.82 Å². The number of carbonyl (C=O) groups excluding carboxylic acids is 1. The van der Waals surface area contributed by atoms with E-state index in [1.807, 2.05) is 93.7 Å². The van der Waals surface area contributed by atoms with Gasteiger partial charge in [-0.15, -0.1) is 0 Å². The predicted octanol–water partition coefficient (Wildman–Crippen LogP) is 6.75. The van der Waals surface area contributed by atoms with Crippen LogP contribution in [0.5, 0.6) is 0 Å². The molecule has 4 rings (SSSR count). The Labute approximate surface area is 194 Å². The van der Waals surface area contributed by atoms with Gasteiger partial charge in [-0.1, -0.05) is 66.7 Å². The second kappa shape index (κ2) is 8.91. The van der Waals surface area contributed by atoms with E-state index in [0.29, 0.717) is 11.3 Å². The van der Waals surface area contributed by atoms with Crippen LogP contribution in [0.15, 0.2) is 97.1 Å². The third kappa shape index (κ3) is 4.51. The summed E-state index contributed by atoms with van der Waals surface area (Å²) in [6, 6.07) is 29.6. The van der Waals surface area contributed by atoms with Gasteiger partial charge in [0.05, 0.1) is 5.54 Å². The number of benzene rings is 4. The van der Waals surface area contributed by atoms with Gasteiger partial charge in [-0.3, -0.25) is 4.79 Å². The van der Waals surface area contributed by atoms with E-state index < -0.39 is 5.54 Å². The molecule has 0 heterocycles. The van der Waals surface area contributed by atoms with E-state index >= 15 is 0 Å². The zero-order chi connectivity index (χ0) is 23.6. The molecule has 0 radical (unpaired) electrons. The van der Waals surface area contributed by atoms with Gasteiger partial charge in [-0.2, -0.15) is 0 Å². The van der Waals surface area contributed by atoms with Crippen LogP contribution in [0.3, 0.4) is 0 Å². The fourth-order valence-corrected chi connectivity index (χ4v) is 3.95. The average molecular weight is 439 g/mol. The van der Waals surface area contributed by atoms with Crippen LogP contribution in [0.2, 0.25) is 0 Å². The van der Waals surface area contributed by atoms with Gasteiger partial charge >= 0.3 is 0 Å². The lowest BCUT2D eigenvalue weighted by atomic mass is 9.91. The lowest BCUT2D eigenvalue weighted by Gasteiger charge is -2.36. The number of hydrogen-bond acceptors (Lipinski definition) is 2. The van der Waals surface area contributed by atoms with E-state index in [9.17, 15) is 9.18 Å². The normalized spacial score (nSPS) is 11.3. The zero-order valence-electron chi connectivity index (χ0n) is 19.0. The van der Waals surface area contributed by atoms with Gasteiger partial charge in [0.1, 0.15) is 5.82 Å². The highest BCUT2D eigenvalue weighted by atomic mass is 19.1. The number of nitrogen functional groups attached to an aromatic ring is 1. The van der Waals surface area contributed by atoms with Crippen molar-refractivity contribution in [2.24, 2.45) is 0 Å². The molecule has 0 aliphatic rings. The SMILES string of the molecule is CN(C(=O)c1cccc(-c2ccc(-c3ccc(F)cc3)cc2N)c1)C(C)(C)c1ccccc1. The van der Waals surface area contributed by atoms with Crippen LogP contribution in [-0.2, 0) is 5.54 Å². The van der Waals surface area contributed by atoms with Crippen molar-refractivity contribution < 1.29 is 9.18 Å². The molecule has 3 nitrogen and oxygen atoms in total. The molecule has 0 aliphatic carbocycles. The van der Waals surface area contributed by atoms with Crippen molar-refractivity contribution in [3.63, 3.8) is 0 Å². The molecular weight excluding hydrogens is 411 g/mol. The van der Waals surface area contributed by atoms with E-state index in [4.69, 9.17) is 5.73 Å². The summed E-state index contributed by atoms with van der Waals surface area (Å²) in [6.45, 7) is 4.08. The molecule has 0 aliphatic heterocycles. The quantitative estimate of drug-likeness (QED) is 0.350. The van der Waals surface area contributed by atoms with Crippen molar-refractivity contribution in [2.45, 2.75) is 19.4 Å². The number of halogens is 1. The van der Waals surface area contributed by atoms with Gasteiger partial charge in [-0.25, -0.2) is 4.39 Å². The van der Waals surface area contributed by atoms with Crippen LogP contribution in [0.4, 0.5) is 10.1 Å². The zero-order valence-corrected chi connectivity index (χ0v) is 19.0. The fraction of sp³-hybridized carbons (Fsp3) is 0.138. The Kier molecular flexibility index (Phi) is 6.01. The first kappa shape index (κ1) is 22.3. The van der Waals surface area contributed by atoms with Crippen molar-refractivity contribution in [1.29, 1.82) is 0 Å². The Bertz CT molecular complexity index is 1280. The number of hydrogen-bond donors (Lipinski definition) is 1. The maximum Gasteiger partial charge on any atom is 0.254 e. The molecule has 0 bridgehead atoms. The van der Waals surface area contributed by atoms with Crippen LogP contribution in [0.25, 0.3) is 22.3 Å². The van der Waals surface area contributed by atoms with Gasteiger partial charge in [0, 0.05) is 23.9 Å². The minimum Gasteiger partial charge on any atom is -0.398 e. The summed E-state index contributed by atoms with van der Waals surface area (Å²) in [5, 5.41) is 0. The fourth-order valence-electron chi connectivity index (χ4n) is 3.95. The van der Waals surface area contributed by atoms with E-state index in [1.54, 1.807) is 17.0 Å². The number of rotatable bonds is 5. The topological polar surface area (TPSA) is 46.3 Å². The maximum atomic E-state index is 13.4. The second-order valence-electron chi connectivity index (χ2n) is 8.68. The molecule has 0 saturated carbocycles. The summed E-state index contributed by atoms with van der Waals surface area (Å²) in [4.78, 5) is 15.1. The van der Waals surface area contributed by atoms with Gasteiger partial charge in [0.25, 0.3) is 5.91 Å². The predicted molar refractivity (Wildman–Crippen MR) is 133 cm³/mol. The van der Waals surface area contributed by atoms with Crippen molar-refractivity contribution in [1.82, 2.24) is 4.90 Å². The number of amides is 1. The van der Waals surface area contributed by atoms with E-state index in [1.165, 1.54) is 12.1 Å². The second-order valence-corrected chi connectivity index (χ2v) is 8.68. The lowest BCUT2D eigenvalue weighted by molar-refractivity contribution is 0.0622. The van der Waals surface area contributed by atoms with Crippen molar-refractivity contribution in [3.05, 3.63) is 114 Å². The lowest BCUT2D eigenvalue weighted by Crippen LogP contribution is -2.42. The monoisotopic (exact) mass is 438 g/mol. The highest BCUT2D eigenvalue weighted by molar-refractivity contribution is 5.96. The number of nitrogens with zero attached hydrogens (tertiary/aromatic N) is 1. The Morgan fingerprint density at radius 1 is 0.788 bits per heavy atom. The Hall–Kier alpha value is -3.92. The summed E-state index contributed by atoms with van der Waals surface area (Å²) in [5.41, 5.74) is 11.7. The van der Waals surface area contributed by atoms with Crippen molar-refractivity contribution in [3.8, 4) is 22.3 Å². The molecule has 0 spiro atoms. The summed E-state index contributed by atoms with van der Waals surface area (Å²) in [6.07, 6.45) is 0. The molecule has 0 atom stereocenters. The first-order valence-electron chi connectivity index (χ1n) is 10.9. The third-order valence-electron chi connectivity index (χ3n) is 6.27. The highest BCUT2D eigenvalue weighted by Gasteiger charge is 2.30. The number of carbonyl (C=O) groups is 1. The molecule has 33 heavy (non-hydrogen) atoms. The number of anilines is 1. The Balaban J connectivity index is 1.62. The molecule has 166 valence electrons. The average Bonchev–Trinajstić information content (AvgIpc) is 2.84. The smallest absolute Gasteiger partial charge is 0.254 e. The molecule has 0 unspecified atom stereocenters. The first-order valence-corrected chi connectivity index (χ1v) is 10.9. The molecule has 4 aromatic rings. The van der Waals surface area contributed by atoms with Gasteiger partial charge in [-0.05, 0) is 66.4 Å². The molecular formula is C29H27FN2O. The summed E-state index contributed by atoms with van der Waals surface area (Å²) in [5.74, 6) is -0.336. The van der Waals surface area contributed by atoms with Crippen molar-refractivity contribution >= 4 is 11.6 Å². The Morgan fingerprint density at radius 2 is 1.45 bits per heavy atom. The van der Waals surface area contributed by atoms with Gasteiger partial charge in [0.2, 0.25) is 0 Å². The minimum atomic E-state index is -0.468. The number of nitrogens with two attached hydrogens (primary N) is 1. The summed E-state index contributed by atoms with van der Waals surface area (Å²) < 4.78 is 13.2. The van der Waals surface area contributed by atoms with E-state index in [0.717, 1.165) is 27.8 Å². The Morgan fingerprint density at radius 3 is 2.12 bits per heavy atom. The standard InChI is InChI=1S/C29H27FN2O/c1-29(2,24-10-5-4-6-11-24)32(3)28(33)23-9-7-8-22(18-23)26-17-14-21(19-27(26)31)20-12-15-25(30)16-13-20/h4-19H,31H2,1-3H3. The molecule has 2 N–H and O–H groups in total. The van der Waals surface area contributed by atoms with Gasteiger partial charge < -0.3 is 10.6 Å². The molecule has 4 aromatic carbocycles. The molecule has 4 heteroatoms. The molecule has 0 aromatic heterocycles. The van der Waals surface area contributed by atoms with Crippen LogP contribution >= 0.6 is 0 Å². The first-order chi connectivity index (χ1) is 15.8. The van der Waals surface area contributed by atoms with Crippen LogP contribution in [0.1, 0.15) is 29.8 Å². The largest absolute Gasteiger partial charge is 0.398 e. The van der Waals surface area contributed by atoms with Crippen molar-refractivity contribution in [2.75, 3.05) is 12.8 Å². The molecule has 1 amide bonds. The summed E-state index contributed by atoms with van der Waals surface area (Å²) in [7, 11) is 1.83. The molecule has 0 saturated heterocycles. The maximum absolute atomic E-state index is 13.4. The van der Waals surface area contributed by atoms with Crippen LogP contribution < -0.4 is 5.73 Å². The van der Waals surface area contributed by atoms with Crippen LogP contribution in [-0.4, -0.2) is 17.9 Å².